The van der Waals surface area contributed by atoms with Crippen LogP contribution in [0.3, 0.4) is 0 Å². The summed E-state index contributed by atoms with van der Waals surface area (Å²) < 4.78 is 27.0. The third-order valence-corrected chi connectivity index (χ3v) is 6.88. The third kappa shape index (κ3) is 5.09. The van der Waals surface area contributed by atoms with Crippen molar-refractivity contribution >= 4 is 33.2 Å². The molecule has 1 atom stereocenters. The van der Waals surface area contributed by atoms with Crippen LogP contribution in [0.5, 0.6) is 0 Å². The van der Waals surface area contributed by atoms with E-state index >= 15 is 0 Å². The van der Waals surface area contributed by atoms with Crippen molar-refractivity contribution in [2.45, 2.75) is 25.5 Å². The van der Waals surface area contributed by atoms with E-state index in [0.717, 1.165) is 11.3 Å². The lowest BCUT2D eigenvalue weighted by Crippen LogP contribution is -2.44. The number of carbonyl (C=O) groups excluding carboxylic acids is 1. The van der Waals surface area contributed by atoms with Crippen LogP contribution in [-0.4, -0.2) is 31.7 Å². The molecule has 2 aromatic carbocycles. The second-order valence-electron chi connectivity index (χ2n) is 6.88. The van der Waals surface area contributed by atoms with Gasteiger partial charge < -0.3 is 5.32 Å². The Kier molecular flexibility index (Phi) is 6.19. The number of anilines is 1. The maximum atomic E-state index is 12.8. The molecule has 1 N–H and O–H groups in total. The van der Waals surface area contributed by atoms with Gasteiger partial charge in [-0.25, -0.2) is 12.7 Å². The lowest BCUT2D eigenvalue weighted by molar-refractivity contribution is -0.120. The predicted octanol–water partition coefficient (Wildman–Crippen LogP) is 3.83. The highest BCUT2D eigenvalue weighted by Crippen LogP contribution is 2.24. The molecule has 144 valence electrons. The Hall–Kier alpha value is -1.89. The second kappa shape index (κ2) is 8.42. The molecule has 1 heterocycles. The Morgan fingerprint density at radius 1 is 1.19 bits per heavy atom. The van der Waals surface area contributed by atoms with Crippen molar-refractivity contribution in [1.29, 1.82) is 0 Å². The van der Waals surface area contributed by atoms with Crippen LogP contribution < -0.4 is 5.32 Å². The van der Waals surface area contributed by atoms with Crippen molar-refractivity contribution in [2.24, 2.45) is 5.92 Å². The number of carbonyl (C=O) groups is 1. The van der Waals surface area contributed by atoms with Gasteiger partial charge in [-0.2, -0.15) is 0 Å². The van der Waals surface area contributed by atoms with Crippen molar-refractivity contribution in [2.75, 3.05) is 18.4 Å². The fraction of sp³-hybridized carbons (Fsp3) is 0.350. The summed E-state index contributed by atoms with van der Waals surface area (Å²) in [6, 6.07) is 14.4. The number of hydrogen-bond donors (Lipinski definition) is 1. The first-order chi connectivity index (χ1) is 12.8. The van der Waals surface area contributed by atoms with Gasteiger partial charge in [-0.3, -0.25) is 4.79 Å². The third-order valence-electron chi connectivity index (χ3n) is 4.81. The van der Waals surface area contributed by atoms with Gasteiger partial charge in [-0.05, 0) is 49.1 Å². The molecule has 1 amide bonds. The Balaban J connectivity index is 1.66. The minimum atomic E-state index is -3.49. The predicted molar refractivity (Wildman–Crippen MR) is 108 cm³/mol. The number of nitrogens with zero attached hydrogens (tertiary/aromatic N) is 1. The van der Waals surface area contributed by atoms with Crippen molar-refractivity contribution in [3.63, 3.8) is 0 Å². The van der Waals surface area contributed by atoms with Crippen molar-refractivity contribution < 1.29 is 13.2 Å². The Morgan fingerprint density at radius 3 is 2.59 bits per heavy atom. The molecule has 0 spiro atoms. The number of para-hydroxylation sites is 1. The van der Waals surface area contributed by atoms with E-state index in [9.17, 15) is 13.2 Å². The molecule has 5 nitrogen and oxygen atoms in total. The maximum absolute atomic E-state index is 12.8. The fourth-order valence-corrected chi connectivity index (χ4v) is 4.98. The normalized spacial score (nSPS) is 18.2. The number of benzene rings is 2. The molecule has 1 saturated heterocycles. The number of rotatable bonds is 5. The Bertz CT molecular complexity index is 913. The average Bonchev–Trinajstić information content (AvgIpc) is 2.65. The van der Waals surface area contributed by atoms with Gasteiger partial charge in [0.1, 0.15) is 0 Å². The summed E-state index contributed by atoms with van der Waals surface area (Å²) in [5.41, 5.74) is 2.43. The van der Waals surface area contributed by atoms with E-state index < -0.39 is 10.0 Å². The first-order valence-corrected chi connectivity index (χ1v) is 10.9. The SMILES string of the molecule is Cc1ccccc1NC(=O)C1CCCN(S(=O)(=O)Cc2ccc(Cl)cc2)C1. The molecule has 1 unspecified atom stereocenters. The molecule has 2 aromatic rings. The van der Waals surface area contributed by atoms with Crippen molar-refractivity contribution in [3.05, 3.63) is 64.7 Å². The highest BCUT2D eigenvalue weighted by Gasteiger charge is 2.32. The molecule has 7 heteroatoms. The molecule has 1 fully saturated rings. The van der Waals surface area contributed by atoms with Gasteiger partial charge in [-0.15, -0.1) is 0 Å². The summed E-state index contributed by atoms with van der Waals surface area (Å²) in [6.45, 7) is 2.59. The van der Waals surface area contributed by atoms with Gasteiger partial charge >= 0.3 is 0 Å². The van der Waals surface area contributed by atoms with Crippen LogP contribution in [0.25, 0.3) is 0 Å². The second-order valence-corrected chi connectivity index (χ2v) is 9.29. The highest BCUT2D eigenvalue weighted by molar-refractivity contribution is 7.88. The maximum Gasteiger partial charge on any atom is 0.228 e. The lowest BCUT2D eigenvalue weighted by Gasteiger charge is -2.31. The van der Waals surface area contributed by atoms with Gasteiger partial charge in [0.05, 0.1) is 11.7 Å². The quantitative estimate of drug-likeness (QED) is 0.820. The molecule has 0 aliphatic carbocycles. The van der Waals surface area contributed by atoms with Crippen LogP contribution in [0.4, 0.5) is 5.69 Å². The molecule has 0 radical (unpaired) electrons. The van der Waals surface area contributed by atoms with Crippen LogP contribution in [0.1, 0.15) is 24.0 Å². The molecular formula is C20H23ClN2O3S. The van der Waals surface area contributed by atoms with E-state index in [-0.39, 0.29) is 24.1 Å². The van der Waals surface area contributed by atoms with Gasteiger partial charge in [-0.1, -0.05) is 41.9 Å². The zero-order chi connectivity index (χ0) is 19.4. The summed E-state index contributed by atoms with van der Waals surface area (Å²) in [6.07, 6.45) is 1.36. The first-order valence-electron chi connectivity index (χ1n) is 8.94. The molecule has 1 aliphatic rings. The standard InChI is InChI=1S/C20H23ClN2O3S/c1-15-5-2-3-7-19(15)22-20(24)17-6-4-12-23(13-17)27(25,26)14-16-8-10-18(21)11-9-16/h2-3,5,7-11,17H,4,6,12-14H2,1H3,(H,22,24). The van der Waals surface area contributed by atoms with Crippen molar-refractivity contribution in [3.8, 4) is 0 Å². The van der Waals surface area contributed by atoms with Crippen LogP contribution in [0, 0.1) is 12.8 Å². The lowest BCUT2D eigenvalue weighted by atomic mass is 9.98. The zero-order valence-electron chi connectivity index (χ0n) is 15.2. The van der Waals surface area contributed by atoms with E-state index in [1.807, 2.05) is 31.2 Å². The Morgan fingerprint density at radius 2 is 1.89 bits per heavy atom. The van der Waals surface area contributed by atoms with E-state index in [2.05, 4.69) is 5.32 Å². The number of piperidine rings is 1. The summed E-state index contributed by atoms with van der Waals surface area (Å²) in [7, 11) is -3.49. The van der Waals surface area contributed by atoms with Crippen LogP contribution in [0.15, 0.2) is 48.5 Å². The summed E-state index contributed by atoms with van der Waals surface area (Å²) in [4.78, 5) is 12.6. The number of sulfonamides is 1. The van der Waals surface area contributed by atoms with E-state index in [1.165, 1.54) is 4.31 Å². The van der Waals surface area contributed by atoms with E-state index in [1.54, 1.807) is 24.3 Å². The first kappa shape index (κ1) is 19.9. The van der Waals surface area contributed by atoms with Gasteiger partial charge in [0.2, 0.25) is 15.9 Å². The minimum absolute atomic E-state index is 0.0870. The highest BCUT2D eigenvalue weighted by atomic mass is 35.5. The van der Waals surface area contributed by atoms with Gasteiger partial charge in [0.25, 0.3) is 0 Å². The summed E-state index contributed by atoms with van der Waals surface area (Å²) >= 11 is 5.86. The molecule has 27 heavy (non-hydrogen) atoms. The number of halogens is 1. The largest absolute Gasteiger partial charge is 0.326 e. The summed E-state index contributed by atoms with van der Waals surface area (Å²) in [5, 5.41) is 3.50. The molecule has 3 rings (SSSR count). The minimum Gasteiger partial charge on any atom is -0.326 e. The van der Waals surface area contributed by atoms with Crippen LogP contribution >= 0.6 is 11.6 Å². The smallest absolute Gasteiger partial charge is 0.228 e. The van der Waals surface area contributed by atoms with Gasteiger partial charge in [0, 0.05) is 23.8 Å². The number of hydrogen-bond acceptors (Lipinski definition) is 3. The molecule has 0 saturated carbocycles. The van der Waals surface area contributed by atoms with Crippen LogP contribution in [-0.2, 0) is 20.6 Å². The topological polar surface area (TPSA) is 66.5 Å². The molecule has 0 aromatic heterocycles. The Labute approximate surface area is 165 Å². The van der Waals surface area contributed by atoms with Gasteiger partial charge in [0.15, 0.2) is 0 Å². The molecule has 1 aliphatic heterocycles. The average molecular weight is 407 g/mol. The molecular weight excluding hydrogens is 384 g/mol. The summed E-state index contributed by atoms with van der Waals surface area (Å²) in [5.74, 6) is -0.565. The number of aryl methyl sites for hydroxylation is 1. The van der Waals surface area contributed by atoms with E-state index in [0.29, 0.717) is 30.0 Å². The van der Waals surface area contributed by atoms with Crippen molar-refractivity contribution in [1.82, 2.24) is 4.31 Å². The number of amides is 1. The fourth-order valence-electron chi connectivity index (χ4n) is 3.24. The van der Waals surface area contributed by atoms with E-state index in [4.69, 9.17) is 11.6 Å². The van der Waals surface area contributed by atoms with Crippen LogP contribution in [0.2, 0.25) is 5.02 Å². The monoisotopic (exact) mass is 406 g/mol. The molecule has 0 bridgehead atoms. The zero-order valence-corrected chi connectivity index (χ0v) is 16.8. The number of nitrogens with one attached hydrogen (secondary N) is 1.